The molecule has 1 N–H and O–H groups in total. The number of esters is 1. The molecule has 1 atom stereocenters. The third kappa shape index (κ3) is 3.96. The Hall–Kier alpha value is -1.55. The molecule has 4 heteroatoms. The minimum absolute atomic E-state index is 0.112. The molecule has 0 spiro atoms. The number of rotatable bonds is 7. The van der Waals surface area contributed by atoms with Crippen LogP contribution in [0.5, 0.6) is 5.75 Å². The van der Waals surface area contributed by atoms with Crippen molar-refractivity contribution in [3.8, 4) is 5.75 Å². The number of para-hydroxylation sites is 1. The lowest BCUT2D eigenvalue weighted by Gasteiger charge is -2.10. The van der Waals surface area contributed by atoms with Gasteiger partial charge in [0.15, 0.2) is 0 Å². The highest BCUT2D eigenvalue weighted by atomic mass is 16.5. The maximum absolute atomic E-state index is 11.2. The van der Waals surface area contributed by atoms with E-state index in [4.69, 9.17) is 9.47 Å². The van der Waals surface area contributed by atoms with Crippen LogP contribution < -0.4 is 10.1 Å². The van der Waals surface area contributed by atoms with E-state index in [0.717, 1.165) is 31.9 Å². The normalized spacial score (nSPS) is 16.8. The highest BCUT2D eigenvalue weighted by molar-refractivity contribution is 5.69. The Kier molecular flexibility index (Phi) is 5.21. The van der Waals surface area contributed by atoms with E-state index in [-0.39, 0.29) is 5.97 Å². The molecule has 1 aromatic carbocycles. The zero-order valence-corrected chi connectivity index (χ0v) is 11.4. The molecule has 4 nitrogen and oxygen atoms in total. The minimum atomic E-state index is -0.112. The fourth-order valence-electron chi connectivity index (χ4n) is 2.27. The number of carbonyl (C=O) groups excluding carboxylic acids is 1. The maximum Gasteiger partial charge on any atom is 0.305 e. The van der Waals surface area contributed by atoms with Gasteiger partial charge >= 0.3 is 5.97 Å². The Balaban J connectivity index is 1.64. The summed E-state index contributed by atoms with van der Waals surface area (Å²) >= 11 is 0. The van der Waals surface area contributed by atoms with Crippen LogP contribution in [0, 0.1) is 0 Å². The van der Waals surface area contributed by atoms with E-state index < -0.39 is 0 Å². The zero-order valence-electron chi connectivity index (χ0n) is 11.4. The van der Waals surface area contributed by atoms with Crippen LogP contribution in [0.1, 0.15) is 31.2 Å². The maximum atomic E-state index is 11.2. The van der Waals surface area contributed by atoms with Crippen molar-refractivity contribution in [1.29, 1.82) is 0 Å². The summed E-state index contributed by atoms with van der Waals surface area (Å²) in [6.07, 6.45) is 1.30. The summed E-state index contributed by atoms with van der Waals surface area (Å²) < 4.78 is 10.5. The first-order chi connectivity index (χ1) is 9.31. The highest BCUT2D eigenvalue weighted by Gasteiger charge is 2.22. The number of hydrogen-bond acceptors (Lipinski definition) is 4. The first-order valence-corrected chi connectivity index (χ1v) is 6.89. The van der Waals surface area contributed by atoms with Crippen molar-refractivity contribution in [2.45, 2.75) is 25.7 Å². The van der Waals surface area contributed by atoms with Crippen LogP contribution in [0.3, 0.4) is 0 Å². The van der Waals surface area contributed by atoms with Crippen LogP contribution in [0.15, 0.2) is 24.3 Å². The molecule has 0 aliphatic carbocycles. The molecule has 0 aromatic heterocycles. The third-order valence-corrected chi connectivity index (χ3v) is 3.23. The van der Waals surface area contributed by atoms with Gasteiger partial charge in [-0.15, -0.1) is 0 Å². The summed E-state index contributed by atoms with van der Waals surface area (Å²) in [5, 5.41) is 3.38. The molecule has 1 aromatic rings. The fraction of sp³-hybridized carbons (Fsp3) is 0.533. The van der Waals surface area contributed by atoms with E-state index in [1.807, 2.05) is 25.1 Å². The number of carbonyl (C=O) groups is 1. The van der Waals surface area contributed by atoms with Crippen LogP contribution in [-0.2, 0) is 9.53 Å². The van der Waals surface area contributed by atoms with Gasteiger partial charge in [0.05, 0.1) is 13.2 Å². The summed E-state index contributed by atoms with van der Waals surface area (Å²) in [4.78, 5) is 11.2. The summed E-state index contributed by atoms with van der Waals surface area (Å²) in [6, 6.07) is 8.17. The predicted molar refractivity (Wildman–Crippen MR) is 73.4 cm³/mol. The number of hydrogen-bond donors (Lipinski definition) is 1. The van der Waals surface area contributed by atoms with Crippen molar-refractivity contribution in [3.05, 3.63) is 29.8 Å². The Morgan fingerprint density at radius 2 is 2.32 bits per heavy atom. The van der Waals surface area contributed by atoms with Crippen LogP contribution in [0.4, 0.5) is 0 Å². The smallest absolute Gasteiger partial charge is 0.305 e. The quantitative estimate of drug-likeness (QED) is 0.604. The summed E-state index contributed by atoms with van der Waals surface area (Å²) in [6.45, 7) is 4.75. The van der Waals surface area contributed by atoms with Gasteiger partial charge in [-0.25, -0.2) is 0 Å². The Bertz CT molecular complexity index is 420. The minimum Gasteiger partial charge on any atom is -0.493 e. The molecule has 0 saturated heterocycles. The van der Waals surface area contributed by atoms with Crippen LogP contribution in [-0.4, -0.2) is 32.3 Å². The first kappa shape index (κ1) is 13.9. The van der Waals surface area contributed by atoms with E-state index >= 15 is 0 Å². The van der Waals surface area contributed by atoms with Gasteiger partial charge in [-0.3, -0.25) is 4.79 Å². The molecule has 0 fully saturated rings. The van der Waals surface area contributed by atoms with Crippen molar-refractivity contribution in [1.82, 2.24) is 5.32 Å². The van der Waals surface area contributed by atoms with E-state index in [1.165, 1.54) is 5.56 Å². The van der Waals surface area contributed by atoms with Gasteiger partial charge in [0.25, 0.3) is 0 Å². The van der Waals surface area contributed by atoms with Crippen molar-refractivity contribution in [3.63, 3.8) is 0 Å². The molecule has 1 aliphatic rings. The van der Waals surface area contributed by atoms with E-state index in [0.29, 0.717) is 18.9 Å². The van der Waals surface area contributed by atoms with Crippen LogP contribution in [0.2, 0.25) is 0 Å². The Morgan fingerprint density at radius 3 is 3.16 bits per heavy atom. The first-order valence-electron chi connectivity index (χ1n) is 6.89. The van der Waals surface area contributed by atoms with Gasteiger partial charge in [-0.05, 0) is 26.0 Å². The Labute approximate surface area is 114 Å². The van der Waals surface area contributed by atoms with E-state index in [1.54, 1.807) is 0 Å². The molecule has 0 radical (unpaired) electrons. The van der Waals surface area contributed by atoms with Gasteiger partial charge in [0.2, 0.25) is 0 Å². The molecule has 1 unspecified atom stereocenters. The van der Waals surface area contributed by atoms with Gasteiger partial charge in [0, 0.05) is 24.4 Å². The van der Waals surface area contributed by atoms with Gasteiger partial charge in [-0.2, -0.15) is 0 Å². The predicted octanol–water partition coefficient (Wildman–Crippen LogP) is 2.10. The zero-order chi connectivity index (χ0) is 13.5. The number of ether oxygens (including phenoxy) is 2. The molecular formula is C15H21NO3. The highest BCUT2D eigenvalue weighted by Crippen LogP contribution is 2.32. The number of fused-ring (bicyclic) bond motifs is 1. The van der Waals surface area contributed by atoms with Crippen molar-refractivity contribution >= 4 is 5.97 Å². The SMILES string of the molecule is CCOC(=O)CCCNCC1COc2ccccc21. The molecule has 0 saturated carbocycles. The topological polar surface area (TPSA) is 47.6 Å². The van der Waals surface area contributed by atoms with Crippen molar-refractivity contribution in [2.24, 2.45) is 0 Å². The van der Waals surface area contributed by atoms with Gasteiger partial charge in [0.1, 0.15) is 5.75 Å². The molecular weight excluding hydrogens is 242 g/mol. The molecule has 19 heavy (non-hydrogen) atoms. The summed E-state index contributed by atoms with van der Waals surface area (Å²) in [7, 11) is 0. The molecule has 104 valence electrons. The lowest BCUT2D eigenvalue weighted by atomic mass is 10.0. The average molecular weight is 263 g/mol. The average Bonchev–Trinajstić information content (AvgIpc) is 2.82. The van der Waals surface area contributed by atoms with Crippen molar-refractivity contribution < 1.29 is 14.3 Å². The molecule has 0 amide bonds. The molecule has 0 bridgehead atoms. The molecule has 1 heterocycles. The lowest BCUT2D eigenvalue weighted by Crippen LogP contribution is -2.24. The lowest BCUT2D eigenvalue weighted by molar-refractivity contribution is -0.143. The largest absolute Gasteiger partial charge is 0.493 e. The van der Waals surface area contributed by atoms with Gasteiger partial charge < -0.3 is 14.8 Å². The van der Waals surface area contributed by atoms with Crippen LogP contribution >= 0.6 is 0 Å². The Morgan fingerprint density at radius 1 is 1.47 bits per heavy atom. The second kappa shape index (κ2) is 7.14. The van der Waals surface area contributed by atoms with Crippen LogP contribution in [0.25, 0.3) is 0 Å². The fourth-order valence-corrected chi connectivity index (χ4v) is 2.27. The van der Waals surface area contributed by atoms with E-state index in [2.05, 4.69) is 11.4 Å². The third-order valence-electron chi connectivity index (χ3n) is 3.23. The number of nitrogens with one attached hydrogen (secondary N) is 1. The standard InChI is InChI=1S/C15H21NO3/c1-2-18-15(17)8-5-9-16-10-12-11-19-14-7-4-3-6-13(12)14/h3-4,6-7,12,16H,2,5,8-11H2,1H3. The summed E-state index contributed by atoms with van der Waals surface area (Å²) in [5.41, 5.74) is 1.28. The molecule has 2 rings (SSSR count). The van der Waals surface area contributed by atoms with E-state index in [9.17, 15) is 4.79 Å². The second-order valence-corrected chi connectivity index (χ2v) is 4.66. The monoisotopic (exact) mass is 263 g/mol. The number of benzene rings is 1. The molecule has 1 aliphatic heterocycles. The van der Waals surface area contributed by atoms with Crippen molar-refractivity contribution in [2.75, 3.05) is 26.3 Å². The van der Waals surface area contributed by atoms with Gasteiger partial charge in [-0.1, -0.05) is 18.2 Å². The second-order valence-electron chi connectivity index (χ2n) is 4.66. The summed E-state index contributed by atoms with van der Waals surface area (Å²) in [5.74, 6) is 1.30.